The summed E-state index contributed by atoms with van der Waals surface area (Å²) in [6.45, 7) is 24.8. The summed E-state index contributed by atoms with van der Waals surface area (Å²) in [6, 6.07) is 0. The fourth-order valence-electron chi connectivity index (χ4n) is 1.73. The zero-order chi connectivity index (χ0) is 18.8. The Hall–Kier alpha value is -0.260. The fourth-order valence-corrected chi connectivity index (χ4v) is 1.73. The molecule has 0 aromatic rings. The van der Waals surface area contributed by atoms with Gasteiger partial charge in [0.15, 0.2) is 0 Å². The van der Waals surface area contributed by atoms with Gasteiger partial charge in [-0.3, -0.25) is 0 Å². The van der Waals surface area contributed by atoms with Crippen LogP contribution in [0.25, 0.3) is 0 Å². The molecule has 0 aromatic heterocycles. The maximum absolute atomic E-state index is 2.28. The molecule has 0 heteroatoms. The minimum Gasteiger partial charge on any atom is -0.0914 e. The smallest absolute Gasteiger partial charge is 0.0239 e. The first-order chi connectivity index (χ1) is 10.8. The summed E-state index contributed by atoms with van der Waals surface area (Å²) < 4.78 is 0. The monoisotopic (exact) mass is 316 g/mol. The van der Waals surface area contributed by atoms with Gasteiger partial charge in [-0.25, -0.2) is 0 Å². The predicted octanol–water partition coefficient (Wildman–Crippen LogP) is 9.30. The van der Waals surface area contributed by atoms with E-state index in [1.165, 1.54) is 38.5 Å². The van der Waals surface area contributed by atoms with Crippen LogP contribution in [-0.4, -0.2) is 0 Å². The van der Waals surface area contributed by atoms with Crippen LogP contribution in [0.5, 0.6) is 0 Å². The van der Waals surface area contributed by atoms with Crippen LogP contribution in [0, 0.1) is 11.8 Å². The van der Waals surface area contributed by atoms with E-state index in [1.807, 2.05) is 55.4 Å². The van der Waals surface area contributed by atoms with Crippen molar-refractivity contribution < 1.29 is 0 Å². The number of hydrogen-bond donors (Lipinski definition) is 0. The molecular weight excluding hydrogens is 264 g/mol. The maximum atomic E-state index is 2.28. The van der Waals surface area contributed by atoms with E-state index in [2.05, 4.69) is 39.8 Å². The molecule has 0 atom stereocenters. The Bertz CT molecular complexity index is 124. The molecule has 0 amide bonds. The lowest BCUT2D eigenvalue weighted by Gasteiger charge is -2.22. The van der Waals surface area contributed by atoms with Gasteiger partial charge in [-0.15, -0.1) is 0 Å². The van der Waals surface area contributed by atoms with Gasteiger partial charge < -0.3 is 0 Å². The van der Waals surface area contributed by atoms with E-state index in [9.17, 15) is 0 Å². The molecular formula is C22H52. The number of hydrogen-bond acceptors (Lipinski definition) is 0. The van der Waals surface area contributed by atoms with Crippen LogP contribution >= 0.6 is 0 Å². The van der Waals surface area contributed by atoms with E-state index in [-0.39, 0.29) is 0 Å². The largest absolute Gasteiger partial charge is 0.0914 e. The van der Waals surface area contributed by atoms with Gasteiger partial charge in [-0.2, -0.15) is 0 Å². The fraction of sp³-hybridized carbons (Fsp3) is 0.909. The lowest BCUT2D eigenvalue weighted by molar-refractivity contribution is 0.307. The lowest BCUT2D eigenvalue weighted by Crippen LogP contribution is -2.08. The van der Waals surface area contributed by atoms with Crippen molar-refractivity contribution in [3.8, 4) is 0 Å². The molecule has 0 aliphatic heterocycles. The molecule has 22 heavy (non-hydrogen) atoms. The first-order valence-electron chi connectivity index (χ1n) is 10.4. The van der Waals surface area contributed by atoms with Crippen molar-refractivity contribution in [1.29, 1.82) is 0 Å². The Morgan fingerprint density at radius 2 is 1.14 bits per heavy atom. The van der Waals surface area contributed by atoms with E-state index in [1.54, 1.807) is 0 Å². The van der Waals surface area contributed by atoms with Crippen molar-refractivity contribution in [2.45, 2.75) is 122 Å². The summed E-state index contributed by atoms with van der Waals surface area (Å²) in [4.78, 5) is 0. The van der Waals surface area contributed by atoms with Crippen molar-refractivity contribution >= 4 is 0 Å². The number of rotatable bonds is 4. The SMILES string of the molecule is C/C=C/C(CC)CC.CC.CC.CC.CC.CCC1CCC1. The summed E-state index contributed by atoms with van der Waals surface area (Å²) in [5.74, 6) is 1.94. The topological polar surface area (TPSA) is 0 Å². The molecule has 0 saturated heterocycles. The van der Waals surface area contributed by atoms with Gasteiger partial charge in [0.1, 0.15) is 0 Å². The maximum Gasteiger partial charge on any atom is -0.0239 e. The van der Waals surface area contributed by atoms with E-state index in [0.29, 0.717) is 0 Å². The van der Waals surface area contributed by atoms with E-state index < -0.39 is 0 Å². The van der Waals surface area contributed by atoms with Crippen LogP contribution in [0.1, 0.15) is 122 Å². The Labute approximate surface area is 146 Å². The summed E-state index contributed by atoms with van der Waals surface area (Å²) in [5, 5.41) is 0. The third-order valence-electron chi connectivity index (χ3n) is 3.32. The Morgan fingerprint density at radius 1 is 0.773 bits per heavy atom. The molecule has 0 bridgehead atoms. The predicted molar refractivity (Wildman–Crippen MR) is 112 cm³/mol. The first kappa shape index (κ1) is 33.4. The minimum absolute atomic E-state index is 0.819. The lowest BCUT2D eigenvalue weighted by atomic mass is 9.84. The molecule has 1 aliphatic rings. The Morgan fingerprint density at radius 3 is 1.18 bits per heavy atom. The highest BCUT2D eigenvalue weighted by Crippen LogP contribution is 2.28. The zero-order valence-corrected chi connectivity index (χ0v) is 18.6. The highest BCUT2D eigenvalue weighted by molar-refractivity contribution is 4.83. The van der Waals surface area contributed by atoms with Crippen LogP contribution in [0.2, 0.25) is 0 Å². The molecule has 1 fully saturated rings. The van der Waals surface area contributed by atoms with Gasteiger partial charge in [0.05, 0.1) is 0 Å². The molecule has 0 heterocycles. The quantitative estimate of drug-likeness (QED) is 0.453. The summed E-state index contributed by atoms with van der Waals surface area (Å²) in [5.41, 5.74) is 0. The highest BCUT2D eigenvalue weighted by atomic mass is 14.2. The second-order valence-electron chi connectivity index (χ2n) is 4.31. The molecule has 0 unspecified atom stereocenters. The summed E-state index contributed by atoms with van der Waals surface area (Å²) in [7, 11) is 0. The summed E-state index contributed by atoms with van der Waals surface area (Å²) in [6.07, 6.45) is 12.9. The van der Waals surface area contributed by atoms with Gasteiger partial charge in [0, 0.05) is 0 Å². The van der Waals surface area contributed by atoms with Gasteiger partial charge in [0.25, 0.3) is 0 Å². The average molecular weight is 317 g/mol. The third-order valence-corrected chi connectivity index (χ3v) is 3.32. The summed E-state index contributed by atoms with van der Waals surface area (Å²) >= 11 is 0. The molecule has 0 spiro atoms. The first-order valence-corrected chi connectivity index (χ1v) is 10.4. The molecule has 1 saturated carbocycles. The normalized spacial score (nSPS) is 11.7. The standard InChI is InChI=1S/C8H16.C6H12.4C2H6/c1-4-7-8(5-2)6-3;1-2-6-4-3-5-6;4*1-2/h4,7-8H,5-6H2,1-3H3;6H,2-5H2,1H3;4*1-2H3/b7-4+;;;;;. The minimum atomic E-state index is 0.819. The molecule has 0 radical (unpaired) electrons. The van der Waals surface area contributed by atoms with Crippen LogP contribution in [-0.2, 0) is 0 Å². The van der Waals surface area contributed by atoms with E-state index >= 15 is 0 Å². The van der Waals surface area contributed by atoms with E-state index in [0.717, 1.165) is 11.8 Å². The Kier molecular flexibility index (Phi) is 64.9. The second-order valence-corrected chi connectivity index (χ2v) is 4.31. The third kappa shape index (κ3) is 31.9. The molecule has 140 valence electrons. The van der Waals surface area contributed by atoms with Crippen molar-refractivity contribution in [3.63, 3.8) is 0 Å². The highest BCUT2D eigenvalue weighted by Gasteiger charge is 2.13. The van der Waals surface area contributed by atoms with E-state index in [4.69, 9.17) is 0 Å². The molecule has 1 aliphatic carbocycles. The van der Waals surface area contributed by atoms with Crippen molar-refractivity contribution in [2.24, 2.45) is 11.8 Å². The Balaban J connectivity index is -0.0000000609. The van der Waals surface area contributed by atoms with Crippen molar-refractivity contribution in [3.05, 3.63) is 12.2 Å². The van der Waals surface area contributed by atoms with Crippen molar-refractivity contribution in [1.82, 2.24) is 0 Å². The number of allylic oxidation sites excluding steroid dienone is 2. The van der Waals surface area contributed by atoms with Gasteiger partial charge in [-0.1, -0.05) is 114 Å². The second kappa shape index (κ2) is 42.8. The van der Waals surface area contributed by atoms with Crippen LogP contribution in [0.15, 0.2) is 12.2 Å². The van der Waals surface area contributed by atoms with Crippen LogP contribution in [0.4, 0.5) is 0 Å². The molecule has 0 nitrogen and oxygen atoms in total. The molecule has 0 aromatic carbocycles. The van der Waals surface area contributed by atoms with Crippen LogP contribution < -0.4 is 0 Å². The molecule has 1 rings (SSSR count). The average Bonchev–Trinajstić information content (AvgIpc) is 2.59. The van der Waals surface area contributed by atoms with Gasteiger partial charge >= 0.3 is 0 Å². The van der Waals surface area contributed by atoms with Crippen molar-refractivity contribution in [2.75, 3.05) is 0 Å². The zero-order valence-electron chi connectivity index (χ0n) is 18.6. The van der Waals surface area contributed by atoms with Gasteiger partial charge in [0.2, 0.25) is 0 Å². The molecule has 0 N–H and O–H groups in total. The van der Waals surface area contributed by atoms with Crippen LogP contribution in [0.3, 0.4) is 0 Å². The van der Waals surface area contributed by atoms with Gasteiger partial charge in [-0.05, 0) is 31.6 Å².